The molecule has 0 fully saturated rings. The Hall–Kier alpha value is -1.67. The normalized spacial score (nSPS) is 10.1. The third kappa shape index (κ3) is 2.68. The second-order valence-electron chi connectivity index (χ2n) is 2.27. The van der Waals surface area contributed by atoms with Gasteiger partial charge in [-0.1, -0.05) is 0 Å². The molecule has 0 atom stereocenters. The number of hydroxylamine groups is 1. The summed E-state index contributed by atoms with van der Waals surface area (Å²) in [6.07, 6.45) is 0. The van der Waals surface area contributed by atoms with Crippen molar-refractivity contribution in [3.8, 4) is 0 Å². The molecule has 0 spiro atoms. The minimum absolute atomic E-state index is 0.0853. The van der Waals surface area contributed by atoms with Gasteiger partial charge in [0.15, 0.2) is 0 Å². The fraction of sp³-hybridized carbons (Fsp3) is 0.500. The standard InChI is InChI=1S/C6H10N4O4/c1-12-2-3-13-10-6(11)4-5(7)9-14-8-4/h2-3H2,1H3,(H2,7,9)(H,10,11). The number of hydrogen-bond donors (Lipinski definition) is 2. The number of aromatic nitrogens is 2. The number of nitrogens with zero attached hydrogens (tertiary/aromatic N) is 2. The van der Waals surface area contributed by atoms with Gasteiger partial charge in [-0.25, -0.2) is 10.1 Å². The van der Waals surface area contributed by atoms with Crippen LogP contribution >= 0.6 is 0 Å². The third-order valence-corrected chi connectivity index (χ3v) is 1.28. The smallest absolute Gasteiger partial charge is 0.300 e. The number of nitrogens with two attached hydrogens (primary N) is 1. The van der Waals surface area contributed by atoms with Crippen LogP contribution in [-0.4, -0.2) is 36.5 Å². The summed E-state index contributed by atoms with van der Waals surface area (Å²) in [5.41, 5.74) is 7.25. The number of carbonyl (C=O) groups is 1. The molecule has 8 heteroatoms. The van der Waals surface area contributed by atoms with Crippen LogP contribution in [-0.2, 0) is 9.57 Å². The molecule has 0 saturated carbocycles. The van der Waals surface area contributed by atoms with Crippen molar-refractivity contribution in [2.45, 2.75) is 0 Å². The Labute approximate surface area is 79.3 Å². The van der Waals surface area contributed by atoms with Gasteiger partial charge < -0.3 is 10.5 Å². The topological polar surface area (TPSA) is 112 Å². The molecule has 0 unspecified atom stereocenters. The van der Waals surface area contributed by atoms with Crippen LogP contribution in [0.1, 0.15) is 10.5 Å². The number of hydrogen-bond acceptors (Lipinski definition) is 7. The van der Waals surface area contributed by atoms with Gasteiger partial charge in [0.2, 0.25) is 11.5 Å². The molecule has 3 N–H and O–H groups in total. The average Bonchev–Trinajstić information content (AvgIpc) is 2.59. The van der Waals surface area contributed by atoms with Crippen LogP contribution in [0.2, 0.25) is 0 Å². The van der Waals surface area contributed by atoms with E-state index < -0.39 is 5.91 Å². The van der Waals surface area contributed by atoms with E-state index >= 15 is 0 Å². The molecule has 0 aliphatic rings. The second kappa shape index (κ2) is 5.14. The van der Waals surface area contributed by atoms with E-state index in [1.54, 1.807) is 0 Å². The van der Waals surface area contributed by atoms with Gasteiger partial charge in [-0.05, 0) is 10.3 Å². The molecule has 1 aromatic rings. The summed E-state index contributed by atoms with van der Waals surface area (Å²) < 4.78 is 8.92. The zero-order valence-corrected chi connectivity index (χ0v) is 7.52. The number of rotatable bonds is 5. The van der Waals surface area contributed by atoms with E-state index in [4.69, 9.17) is 15.3 Å². The summed E-state index contributed by atoms with van der Waals surface area (Å²) in [5, 5.41) is 6.51. The molecule has 78 valence electrons. The largest absolute Gasteiger partial charge is 0.382 e. The maximum atomic E-state index is 11.2. The van der Waals surface area contributed by atoms with Crippen LogP contribution in [0.5, 0.6) is 0 Å². The third-order valence-electron chi connectivity index (χ3n) is 1.28. The number of anilines is 1. The molecule has 0 bridgehead atoms. The average molecular weight is 202 g/mol. The van der Waals surface area contributed by atoms with Crippen molar-refractivity contribution >= 4 is 11.7 Å². The highest BCUT2D eigenvalue weighted by Gasteiger charge is 2.15. The van der Waals surface area contributed by atoms with Gasteiger partial charge in [0, 0.05) is 7.11 Å². The van der Waals surface area contributed by atoms with E-state index in [0.29, 0.717) is 6.61 Å². The maximum Gasteiger partial charge on any atom is 0.300 e. The minimum atomic E-state index is -0.611. The van der Waals surface area contributed by atoms with Crippen LogP contribution in [0.4, 0.5) is 5.82 Å². The first-order valence-electron chi connectivity index (χ1n) is 3.74. The van der Waals surface area contributed by atoms with Crippen LogP contribution in [0.15, 0.2) is 4.63 Å². The highest BCUT2D eigenvalue weighted by molar-refractivity contribution is 5.95. The van der Waals surface area contributed by atoms with Crippen LogP contribution in [0.3, 0.4) is 0 Å². The summed E-state index contributed by atoms with van der Waals surface area (Å²) in [6.45, 7) is 0.597. The number of amides is 1. The van der Waals surface area contributed by atoms with Gasteiger partial charge in [0.05, 0.1) is 13.2 Å². The Balaban J connectivity index is 2.32. The molecular weight excluding hydrogens is 192 g/mol. The van der Waals surface area contributed by atoms with Crippen molar-refractivity contribution in [2.75, 3.05) is 26.1 Å². The lowest BCUT2D eigenvalue weighted by Gasteiger charge is -2.02. The van der Waals surface area contributed by atoms with Gasteiger partial charge in [-0.2, -0.15) is 0 Å². The molecule has 0 radical (unpaired) electrons. The predicted octanol–water partition coefficient (Wildman–Crippen LogP) is -1.04. The van der Waals surface area contributed by atoms with E-state index in [1.807, 2.05) is 0 Å². The maximum absolute atomic E-state index is 11.2. The Kier molecular flexibility index (Phi) is 3.83. The number of ether oxygens (including phenoxy) is 1. The van der Waals surface area contributed by atoms with Gasteiger partial charge in [-0.3, -0.25) is 9.63 Å². The molecule has 0 aliphatic carbocycles. The SMILES string of the molecule is COCCONC(=O)c1nonc1N. The number of nitrogen functional groups attached to an aromatic ring is 1. The highest BCUT2D eigenvalue weighted by atomic mass is 16.7. The fourth-order valence-corrected chi connectivity index (χ4v) is 0.643. The van der Waals surface area contributed by atoms with Crippen LogP contribution < -0.4 is 11.2 Å². The summed E-state index contributed by atoms with van der Waals surface area (Å²) in [4.78, 5) is 15.9. The Morgan fingerprint density at radius 1 is 1.57 bits per heavy atom. The van der Waals surface area contributed by atoms with E-state index in [9.17, 15) is 4.79 Å². The zero-order valence-electron chi connectivity index (χ0n) is 7.52. The van der Waals surface area contributed by atoms with Crippen molar-refractivity contribution in [1.82, 2.24) is 15.8 Å². The Morgan fingerprint density at radius 3 is 2.93 bits per heavy atom. The summed E-state index contributed by atoms with van der Waals surface area (Å²) in [5.74, 6) is -0.697. The van der Waals surface area contributed by atoms with Crippen molar-refractivity contribution in [1.29, 1.82) is 0 Å². The number of nitrogens with one attached hydrogen (secondary N) is 1. The highest BCUT2D eigenvalue weighted by Crippen LogP contribution is 2.02. The first-order valence-corrected chi connectivity index (χ1v) is 3.74. The molecule has 0 saturated heterocycles. The molecule has 0 aliphatic heterocycles. The number of methoxy groups -OCH3 is 1. The minimum Gasteiger partial charge on any atom is -0.382 e. The summed E-state index contributed by atoms with van der Waals surface area (Å²) >= 11 is 0. The molecule has 8 nitrogen and oxygen atoms in total. The lowest BCUT2D eigenvalue weighted by molar-refractivity contribution is 0.00841. The van der Waals surface area contributed by atoms with E-state index in [-0.39, 0.29) is 18.1 Å². The summed E-state index contributed by atoms with van der Waals surface area (Å²) in [6, 6.07) is 0. The van der Waals surface area contributed by atoms with Gasteiger partial charge in [0.25, 0.3) is 0 Å². The lowest BCUT2D eigenvalue weighted by atomic mass is 10.4. The summed E-state index contributed by atoms with van der Waals surface area (Å²) in [7, 11) is 1.52. The molecule has 14 heavy (non-hydrogen) atoms. The molecule has 1 heterocycles. The van der Waals surface area contributed by atoms with E-state index in [2.05, 4.69) is 20.4 Å². The molecular formula is C6H10N4O4. The first-order chi connectivity index (χ1) is 6.75. The molecule has 1 aromatic heterocycles. The van der Waals surface area contributed by atoms with Crippen molar-refractivity contribution < 1.29 is 19.0 Å². The van der Waals surface area contributed by atoms with Gasteiger partial charge in [-0.15, -0.1) is 0 Å². The predicted molar refractivity (Wildman–Crippen MR) is 44.0 cm³/mol. The van der Waals surface area contributed by atoms with Gasteiger partial charge >= 0.3 is 5.91 Å². The van der Waals surface area contributed by atoms with Crippen LogP contribution in [0.25, 0.3) is 0 Å². The quantitative estimate of drug-likeness (QED) is 0.463. The van der Waals surface area contributed by atoms with Crippen LogP contribution in [0, 0.1) is 0 Å². The van der Waals surface area contributed by atoms with Gasteiger partial charge in [0.1, 0.15) is 0 Å². The Morgan fingerprint density at radius 2 is 2.36 bits per heavy atom. The molecule has 1 rings (SSSR count). The fourth-order valence-electron chi connectivity index (χ4n) is 0.643. The first kappa shape index (κ1) is 10.4. The monoisotopic (exact) mass is 202 g/mol. The van der Waals surface area contributed by atoms with E-state index in [0.717, 1.165) is 0 Å². The van der Waals surface area contributed by atoms with E-state index in [1.165, 1.54) is 7.11 Å². The number of carbonyl (C=O) groups excluding carboxylic acids is 1. The zero-order chi connectivity index (χ0) is 10.4. The lowest BCUT2D eigenvalue weighted by Crippen LogP contribution is -2.26. The second-order valence-corrected chi connectivity index (χ2v) is 2.27. The molecule has 0 aromatic carbocycles. The Bertz CT molecular complexity index is 300. The van der Waals surface area contributed by atoms with Crippen molar-refractivity contribution in [3.05, 3.63) is 5.69 Å². The van der Waals surface area contributed by atoms with Crippen molar-refractivity contribution in [2.24, 2.45) is 0 Å². The molecule has 1 amide bonds. The van der Waals surface area contributed by atoms with Crippen molar-refractivity contribution in [3.63, 3.8) is 0 Å².